The molecule has 16 heavy (non-hydrogen) atoms. The lowest BCUT2D eigenvalue weighted by Crippen LogP contribution is -2.12. The summed E-state index contributed by atoms with van der Waals surface area (Å²) < 4.78 is 0.992. The lowest BCUT2D eigenvalue weighted by molar-refractivity contribution is 0.0972. The third-order valence-electron chi connectivity index (χ3n) is 2.99. The second-order valence-electron chi connectivity index (χ2n) is 4.07. The molecule has 80 valence electrons. The second-order valence-corrected chi connectivity index (χ2v) is 4.93. The quantitative estimate of drug-likeness (QED) is 0.737. The van der Waals surface area contributed by atoms with E-state index in [9.17, 15) is 4.79 Å². The van der Waals surface area contributed by atoms with Crippen molar-refractivity contribution in [2.75, 3.05) is 0 Å². The highest BCUT2D eigenvalue weighted by Crippen LogP contribution is 2.27. The van der Waals surface area contributed by atoms with Crippen LogP contribution in [-0.2, 0) is 6.42 Å². The van der Waals surface area contributed by atoms with E-state index in [0.717, 1.165) is 39.5 Å². The summed E-state index contributed by atoms with van der Waals surface area (Å²) >= 11 is 3.49. The fourth-order valence-electron chi connectivity index (χ4n) is 2.18. The predicted molar refractivity (Wildman–Crippen MR) is 66.7 cm³/mol. The molecule has 1 aromatic carbocycles. The number of para-hydroxylation sites is 1. The van der Waals surface area contributed by atoms with Crippen LogP contribution in [-0.4, -0.2) is 10.8 Å². The van der Waals surface area contributed by atoms with Gasteiger partial charge in [0, 0.05) is 21.8 Å². The van der Waals surface area contributed by atoms with Crippen LogP contribution in [0.1, 0.15) is 28.9 Å². The molecule has 3 rings (SSSR count). The van der Waals surface area contributed by atoms with Crippen molar-refractivity contribution in [2.45, 2.75) is 19.3 Å². The van der Waals surface area contributed by atoms with Gasteiger partial charge in [-0.3, -0.25) is 9.78 Å². The molecule has 0 atom stereocenters. The summed E-state index contributed by atoms with van der Waals surface area (Å²) in [5.41, 5.74) is 2.73. The molecule has 1 heterocycles. The van der Waals surface area contributed by atoms with Crippen molar-refractivity contribution in [1.82, 2.24) is 4.98 Å². The van der Waals surface area contributed by atoms with Crippen LogP contribution in [0.4, 0.5) is 0 Å². The van der Waals surface area contributed by atoms with Crippen molar-refractivity contribution < 1.29 is 4.79 Å². The summed E-state index contributed by atoms with van der Waals surface area (Å²) in [5, 5.41) is 1.03. The molecule has 0 bridgehead atoms. The zero-order chi connectivity index (χ0) is 11.1. The first kappa shape index (κ1) is 9.97. The molecule has 3 heteroatoms. The number of Topliss-reactive ketones (excluding diaryl/α,β-unsaturated/α-hetero) is 1. The van der Waals surface area contributed by atoms with Crippen molar-refractivity contribution in [1.29, 1.82) is 0 Å². The number of nitrogens with zero attached hydrogens (tertiary/aromatic N) is 1. The van der Waals surface area contributed by atoms with Crippen LogP contribution >= 0.6 is 15.9 Å². The second kappa shape index (κ2) is 3.67. The Balaban J connectivity index is 2.34. The van der Waals surface area contributed by atoms with Crippen molar-refractivity contribution in [3.63, 3.8) is 0 Å². The SMILES string of the molecule is O=C1CCCc2nc3c(Br)cccc3cc21. The Hall–Kier alpha value is -1.22. The molecule has 0 amide bonds. The number of aryl methyl sites for hydroxylation is 1. The first-order chi connectivity index (χ1) is 7.75. The smallest absolute Gasteiger partial charge is 0.164 e. The van der Waals surface area contributed by atoms with Crippen LogP contribution in [0.25, 0.3) is 10.9 Å². The Bertz CT molecular complexity index is 592. The van der Waals surface area contributed by atoms with Crippen LogP contribution in [0.15, 0.2) is 28.7 Å². The van der Waals surface area contributed by atoms with Crippen LogP contribution in [0.2, 0.25) is 0 Å². The minimum atomic E-state index is 0.232. The molecular formula is C13H10BrNO. The number of fused-ring (bicyclic) bond motifs is 2. The molecule has 0 saturated carbocycles. The average Bonchev–Trinajstić information content (AvgIpc) is 2.29. The van der Waals surface area contributed by atoms with Gasteiger partial charge in [-0.1, -0.05) is 12.1 Å². The van der Waals surface area contributed by atoms with E-state index >= 15 is 0 Å². The van der Waals surface area contributed by atoms with E-state index < -0.39 is 0 Å². The predicted octanol–water partition coefficient (Wildman–Crippen LogP) is 3.52. The number of carbonyl (C=O) groups excluding carboxylic acids is 1. The summed E-state index contributed by atoms with van der Waals surface area (Å²) in [6.45, 7) is 0. The first-order valence-electron chi connectivity index (χ1n) is 5.37. The normalized spacial score (nSPS) is 15.2. The van der Waals surface area contributed by atoms with Crippen molar-refractivity contribution in [2.24, 2.45) is 0 Å². The molecule has 0 spiro atoms. The lowest BCUT2D eigenvalue weighted by Gasteiger charge is -2.14. The molecule has 1 aliphatic carbocycles. The Labute approximate surface area is 102 Å². The van der Waals surface area contributed by atoms with Gasteiger partial charge in [0.05, 0.1) is 11.2 Å². The zero-order valence-corrected chi connectivity index (χ0v) is 10.3. The number of ketones is 1. The Morgan fingerprint density at radius 2 is 2.12 bits per heavy atom. The Morgan fingerprint density at radius 1 is 1.25 bits per heavy atom. The number of pyridine rings is 1. The summed E-state index contributed by atoms with van der Waals surface area (Å²) in [6.07, 6.45) is 2.50. The molecule has 0 radical (unpaired) electrons. The highest BCUT2D eigenvalue weighted by Gasteiger charge is 2.19. The molecule has 1 aromatic heterocycles. The van der Waals surface area contributed by atoms with Gasteiger partial charge in [0.15, 0.2) is 5.78 Å². The maximum Gasteiger partial charge on any atom is 0.164 e. The summed E-state index contributed by atoms with van der Waals surface area (Å²) in [6, 6.07) is 7.92. The first-order valence-corrected chi connectivity index (χ1v) is 6.16. The Morgan fingerprint density at radius 3 is 3.00 bits per heavy atom. The van der Waals surface area contributed by atoms with E-state index in [4.69, 9.17) is 0 Å². The molecule has 0 saturated heterocycles. The van der Waals surface area contributed by atoms with Gasteiger partial charge in [-0.25, -0.2) is 0 Å². The van der Waals surface area contributed by atoms with E-state index in [-0.39, 0.29) is 5.78 Å². The minimum Gasteiger partial charge on any atom is -0.294 e. The summed E-state index contributed by atoms with van der Waals surface area (Å²) in [4.78, 5) is 16.4. The minimum absolute atomic E-state index is 0.232. The van der Waals surface area contributed by atoms with E-state index in [0.29, 0.717) is 6.42 Å². The molecule has 0 fully saturated rings. The van der Waals surface area contributed by atoms with Crippen LogP contribution < -0.4 is 0 Å². The molecule has 1 aliphatic rings. The van der Waals surface area contributed by atoms with Gasteiger partial charge < -0.3 is 0 Å². The fraction of sp³-hybridized carbons (Fsp3) is 0.231. The van der Waals surface area contributed by atoms with Gasteiger partial charge in [-0.15, -0.1) is 0 Å². The van der Waals surface area contributed by atoms with E-state index in [1.54, 1.807) is 0 Å². The zero-order valence-electron chi connectivity index (χ0n) is 8.66. The van der Waals surface area contributed by atoms with Crippen molar-refractivity contribution in [3.8, 4) is 0 Å². The number of carbonyl (C=O) groups is 1. The van der Waals surface area contributed by atoms with Gasteiger partial charge in [0.2, 0.25) is 0 Å². The molecular weight excluding hydrogens is 266 g/mol. The number of aromatic nitrogens is 1. The van der Waals surface area contributed by atoms with Crippen molar-refractivity contribution >= 4 is 32.6 Å². The van der Waals surface area contributed by atoms with Gasteiger partial charge in [0.1, 0.15) is 0 Å². The standard InChI is InChI=1S/C13H10BrNO/c14-10-4-1-3-8-7-9-11(15-13(8)10)5-2-6-12(9)16/h1,3-4,7H,2,5-6H2. The van der Waals surface area contributed by atoms with E-state index in [1.807, 2.05) is 24.3 Å². The maximum absolute atomic E-state index is 11.8. The monoisotopic (exact) mass is 275 g/mol. The van der Waals surface area contributed by atoms with Gasteiger partial charge in [-0.2, -0.15) is 0 Å². The molecule has 2 aromatic rings. The number of hydrogen-bond acceptors (Lipinski definition) is 2. The molecule has 0 N–H and O–H groups in total. The van der Waals surface area contributed by atoms with Crippen LogP contribution in [0.5, 0.6) is 0 Å². The van der Waals surface area contributed by atoms with Gasteiger partial charge >= 0.3 is 0 Å². The van der Waals surface area contributed by atoms with Gasteiger partial charge in [-0.05, 0) is 40.9 Å². The number of rotatable bonds is 0. The lowest BCUT2D eigenvalue weighted by atomic mass is 9.93. The summed E-state index contributed by atoms with van der Waals surface area (Å²) in [5.74, 6) is 0.232. The van der Waals surface area contributed by atoms with Crippen LogP contribution in [0, 0.1) is 0 Å². The van der Waals surface area contributed by atoms with Gasteiger partial charge in [0.25, 0.3) is 0 Å². The summed E-state index contributed by atoms with van der Waals surface area (Å²) in [7, 11) is 0. The highest BCUT2D eigenvalue weighted by atomic mass is 79.9. The van der Waals surface area contributed by atoms with E-state index in [1.165, 1.54) is 0 Å². The maximum atomic E-state index is 11.8. The fourth-order valence-corrected chi connectivity index (χ4v) is 2.65. The number of halogens is 1. The number of benzene rings is 1. The van der Waals surface area contributed by atoms with Crippen LogP contribution in [0.3, 0.4) is 0 Å². The Kier molecular flexibility index (Phi) is 2.28. The van der Waals surface area contributed by atoms with Crippen molar-refractivity contribution in [3.05, 3.63) is 40.0 Å². The average molecular weight is 276 g/mol. The highest BCUT2D eigenvalue weighted by molar-refractivity contribution is 9.10. The number of hydrogen-bond donors (Lipinski definition) is 0. The topological polar surface area (TPSA) is 30.0 Å². The third-order valence-corrected chi connectivity index (χ3v) is 3.63. The molecule has 2 nitrogen and oxygen atoms in total. The molecule has 0 aliphatic heterocycles. The third kappa shape index (κ3) is 1.47. The van der Waals surface area contributed by atoms with E-state index in [2.05, 4.69) is 20.9 Å². The molecule has 0 unspecified atom stereocenters. The largest absolute Gasteiger partial charge is 0.294 e.